The van der Waals surface area contributed by atoms with Gasteiger partial charge in [-0.25, -0.2) is 0 Å². The molecule has 0 bridgehead atoms. The van der Waals surface area contributed by atoms with Gasteiger partial charge in [0.15, 0.2) is 0 Å². The van der Waals surface area contributed by atoms with Crippen LogP contribution in [0.1, 0.15) is 35.5 Å². The number of anilines is 2. The van der Waals surface area contributed by atoms with Crippen LogP contribution >= 0.6 is 0 Å². The van der Waals surface area contributed by atoms with Crippen molar-refractivity contribution < 1.29 is 28.2 Å². The predicted molar refractivity (Wildman–Crippen MR) is 119 cm³/mol. The Morgan fingerprint density at radius 2 is 1.79 bits per heavy atom. The summed E-state index contributed by atoms with van der Waals surface area (Å²) in [5, 5.41) is 10.5. The van der Waals surface area contributed by atoms with Crippen molar-refractivity contribution in [3.63, 3.8) is 0 Å². The molecule has 0 saturated carbocycles. The Kier molecular flexibility index (Phi) is 6.43. The maximum Gasteiger partial charge on any atom is 0.322 e. The number of nitrogens with one attached hydrogen (secondary N) is 1. The van der Waals surface area contributed by atoms with Crippen LogP contribution in [-0.4, -0.2) is 49.4 Å². The van der Waals surface area contributed by atoms with Gasteiger partial charge in [-0.15, -0.1) is 5.10 Å². The van der Waals surface area contributed by atoms with E-state index in [4.69, 9.17) is 18.6 Å². The number of nitrogens with zero attached hydrogens (tertiary/aromatic N) is 3. The normalized spacial score (nSPS) is 15.4. The van der Waals surface area contributed by atoms with E-state index < -0.39 is 5.91 Å². The third-order valence-corrected chi connectivity index (χ3v) is 5.21. The number of carbonyl (C=O) groups is 2. The van der Waals surface area contributed by atoms with Gasteiger partial charge in [-0.1, -0.05) is 5.10 Å². The van der Waals surface area contributed by atoms with Gasteiger partial charge >= 0.3 is 6.01 Å². The van der Waals surface area contributed by atoms with E-state index in [0.717, 1.165) is 11.4 Å². The minimum absolute atomic E-state index is 0.0450. The smallest absolute Gasteiger partial charge is 0.322 e. The molecule has 1 aromatic heterocycles. The summed E-state index contributed by atoms with van der Waals surface area (Å²) in [5.74, 6) is 1.20. The van der Waals surface area contributed by atoms with Crippen LogP contribution in [0.5, 0.6) is 17.2 Å². The number of methoxy groups -OCH3 is 2. The van der Waals surface area contributed by atoms with Crippen LogP contribution in [-0.2, 0) is 4.79 Å². The van der Waals surface area contributed by atoms with Gasteiger partial charge in [-0.2, -0.15) is 0 Å². The first-order chi connectivity index (χ1) is 16.0. The Morgan fingerprint density at radius 3 is 2.42 bits per heavy atom. The minimum atomic E-state index is -0.457. The molecular formula is C23H24N4O6. The molecule has 1 atom stereocenters. The number of hydrogen-bond acceptors (Lipinski definition) is 8. The highest BCUT2D eigenvalue weighted by Crippen LogP contribution is 2.32. The van der Waals surface area contributed by atoms with Crippen LogP contribution in [0.25, 0.3) is 0 Å². The fourth-order valence-electron chi connectivity index (χ4n) is 3.57. The van der Waals surface area contributed by atoms with Crippen molar-refractivity contribution in [2.45, 2.75) is 19.3 Å². The quantitative estimate of drug-likeness (QED) is 0.554. The first-order valence-corrected chi connectivity index (χ1v) is 10.4. The maximum atomic E-state index is 12.6. The van der Waals surface area contributed by atoms with E-state index in [1.165, 1.54) is 14.2 Å². The van der Waals surface area contributed by atoms with Crippen LogP contribution in [0.3, 0.4) is 0 Å². The van der Waals surface area contributed by atoms with E-state index in [0.29, 0.717) is 30.2 Å². The molecule has 2 aromatic carbocycles. The van der Waals surface area contributed by atoms with E-state index in [1.807, 2.05) is 31.2 Å². The molecule has 1 N–H and O–H groups in total. The molecule has 0 aliphatic carbocycles. The first kappa shape index (κ1) is 22.1. The summed E-state index contributed by atoms with van der Waals surface area (Å²) in [4.78, 5) is 26.9. The van der Waals surface area contributed by atoms with Crippen molar-refractivity contribution in [2.75, 3.05) is 37.6 Å². The molecule has 0 radical (unpaired) electrons. The molecule has 1 aliphatic heterocycles. The predicted octanol–water partition coefficient (Wildman–Crippen LogP) is 3.26. The third-order valence-electron chi connectivity index (χ3n) is 5.21. The Labute approximate surface area is 190 Å². The molecule has 1 fully saturated rings. The molecular weight excluding hydrogens is 428 g/mol. The summed E-state index contributed by atoms with van der Waals surface area (Å²) in [6.07, 6.45) is 0.232. The zero-order valence-electron chi connectivity index (χ0n) is 18.5. The van der Waals surface area contributed by atoms with Crippen LogP contribution in [0.4, 0.5) is 11.7 Å². The Bertz CT molecular complexity index is 1120. The summed E-state index contributed by atoms with van der Waals surface area (Å²) in [6.45, 7) is 2.89. The standard InChI is InChI=1S/C23H24N4O6/c1-4-32-17-7-5-16(6-8-17)27-13-15(11-20(27)28)22-25-26-23(33-22)24-21(29)14-9-18(30-2)12-19(10-14)31-3/h5-10,12,15H,4,11,13H2,1-3H3,(H,24,26,29)/t15-/m0/s1. The zero-order valence-corrected chi connectivity index (χ0v) is 18.5. The number of carbonyl (C=O) groups excluding carboxylic acids is 2. The molecule has 10 nitrogen and oxygen atoms in total. The molecule has 4 rings (SSSR count). The van der Waals surface area contributed by atoms with Crippen LogP contribution < -0.4 is 24.4 Å². The van der Waals surface area contributed by atoms with Gasteiger partial charge in [0.2, 0.25) is 11.8 Å². The molecule has 2 amide bonds. The van der Waals surface area contributed by atoms with Crippen LogP contribution in [0.15, 0.2) is 46.9 Å². The minimum Gasteiger partial charge on any atom is -0.497 e. The van der Waals surface area contributed by atoms with E-state index in [-0.39, 0.29) is 30.2 Å². The first-order valence-electron chi connectivity index (χ1n) is 10.4. The number of hydrogen-bond donors (Lipinski definition) is 1. The lowest BCUT2D eigenvalue weighted by atomic mass is 10.1. The van der Waals surface area contributed by atoms with Gasteiger partial charge < -0.3 is 23.5 Å². The van der Waals surface area contributed by atoms with Gasteiger partial charge in [0.05, 0.1) is 26.7 Å². The number of benzene rings is 2. The van der Waals surface area contributed by atoms with Gasteiger partial charge in [0, 0.05) is 30.3 Å². The van der Waals surface area contributed by atoms with Crippen LogP contribution in [0.2, 0.25) is 0 Å². The Balaban J connectivity index is 1.43. The lowest BCUT2D eigenvalue weighted by molar-refractivity contribution is -0.117. The fourth-order valence-corrected chi connectivity index (χ4v) is 3.57. The number of rotatable bonds is 8. The van der Waals surface area contributed by atoms with Crippen molar-refractivity contribution in [1.82, 2.24) is 10.2 Å². The zero-order chi connectivity index (χ0) is 23.4. The highest BCUT2D eigenvalue weighted by Gasteiger charge is 2.35. The van der Waals surface area contributed by atoms with Gasteiger partial charge in [-0.05, 0) is 43.3 Å². The van der Waals surface area contributed by atoms with Crippen molar-refractivity contribution in [3.8, 4) is 17.2 Å². The second kappa shape index (κ2) is 9.60. The van der Waals surface area contributed by atoms with E-state index >= 15 is 0 Å². The van der Waals surface area contributed by atoms with E-state index in [1.54, 1.807) is 23.1 Å². The topological polar surface area (TPSA) is 116 Å². The molecule has 1 aliphatic rings. The van der Waals surface area contributed by atoms with Crippen molar-refractivity contribution in [1.29, 1.82) is 0 Å². The number of ether oxygens (including phenoxy) is 3. The molecule has 10 heteroatoms. The maximum absolute atomic E-state index is 12.6. The molecule has 1 saturated heterocycles. The molecule has 0 unspecified atom stereocenters. The Morgan fingerprint density at radius 1 is 1.09 bits per heavy atom. The van der Waals surface area contributed by atoms with Crippen molar-refractivity contribution in [3.05, 3.63) is 53.9 Å². The second-order valence-electron chi connectivity index (χ2n) is 7.33. The summed E-state index contributed by atoms with van der Waals surface area (Å²) >= 11 is 0. The monoisotopic (exact) mass is 452 g/mol. The summed E-state index contributed by atoms with van der Waals surface area (Å²) < 4.78 is 21.5. The third kappa shape index (κ3) is 4.89. The summed E-state index contributed by atoms with van der Waals surface area (Å²) in [7, 11) is 3.00. The summed E-state index contributed by atoms with van der Waals surface area (Å²) in [5.41, 5.74) is 1.08. The van der Waals surface area contributed by atoms with Crippen molar-refractivity contribution >= 4 is 23.5 Å². The van der Waals surface area contributed by atoms with Crippen LogP contribution in [0, 0.1) is 0 Å². The lowest BCUT2D eigenvalue weighted by Gasteiger charge is -2.16. The fraction of sp³-hybridized carbons (Fsp3) is 0.304. The molecule has 33 heavy (non-hydrogen) atoms. The number of amides is 2. The largest absolute Gasteiger partial charge is 0.497 e. The molecule has 172 valence electrons. The SMILES string of the molecule is CCOc1ccc(N2C[C@@H](c3nnc(NC(=O)c4cc(OC)cc(OC)c4)o3)CC2=O)cc1. The number of aromatic nitrogens is 2. The highest BCUT2D eigenvalue weighted by atomic mass is 16.5. The molecule has 2 heterocycles. The Hall–Kier alpha value is -4.08. The lowest BCUT2D eigenvalue weighted by Crippen LogP contribution is -2.24. The average Bonchev–Trinajstić information content (AvgIpc) is 3.46. The average molecular weight is 452 g/mol. The van der Waals surface area contributed by atoms with Crippen molar-refractivity contribution in [2.24, 2.45) is 0 Å². The van der Waals surface area contributed by atoms with Gasteiger partial charge in [0.25, 0.3) is 5.91 Å². The summed E-state index contributed by atoms with van der Waals surface area (Å²) in [6, 6.07) is 12.1. The highest BCUT2D eigenvalue weighted by molar-refractivity contribution is 6.03. The van der Waals surface area contributed by atoms with Gasteiger partial charge in [0.1, 0.15) is 17.2 Å². The van der Waals surface area contributed by atoms with Gasteiger partial charge in [-0.3, -0.25) is 14.9 Å². The van der Waals surface area contributed by atoms with E-state index in [9.17, 15) is 9.59 Å². The van der Waals surface area contributed by atoms with E-state index in [2.05, 4.69) is 15.5 Å². The molecule has 3 aromatic rings. The second-order valence-corrected chi connectivity index (χ2v) is 7.33. The molecule has 0 spiro atoms.